The van der Waals surface area contributed by atoms with Gasteiger partial charge >= 0.3 is 0 Å². The molecule has 1 aliphatic rings. The van der Waals surface area contributed by atoms with E-state index in [2.05, 4.69) is 20.8 Å². The summed E-state index contributed by atoms with van der Waals surface area (Å²) in [4.78, 5) is 28.1. The number of carbonyl (C=O) groups is 2. The van der Waals surface area contributed by atoms with Crippen molar-refractivity contribution in [2.45, 2.75) is 39.2 Å². The summed E-state index contributed by atoms with van der Waals surface area (Å²) in [6.07, 6.45) is 0. The number of ketones is 1. The molecule has 1 aliphatic heterocycles. The first-order chi connectivity index (χ1) is 16.0. The van der Waals surface area contributed by atoms with Gasteiger partial charge in [-0.15, -0.1) is 0 Å². The van der Waals surface area contributed by atoms with E-state index in [0.29, 0.717) is 26.9 Å². The number of hydrogen-bond donors (Lipinski definition) is 1. The van der Waals surface area contributed by atoms with Crippen LogP contribution in [0.5, 0.6) is 0 Å². The molecule has 1 N–H and O–H groups in total. The van der Waals surface area contributed by atoms with Gasteiger partial charge in [0.1, 0.15) is 5.76 Å². The normalized spacial score (nSPS) is 17.9. The average Bonchev–Trinajstić information content (AvgIpc) is 3.03. The van der Waals surface area contributed by atoms with Crippen LogP contribution >= 0.6 is 23.2 Å². The zero-order valence-electron chi connectivity index (χ0n) is 19.4. The minimum atomic E-state index is -0.812. The number of benzene rings is 3. The maximum Gasteiger partial charge on any atom is 0.300 e. The number of anilines is 1. The van der Waals surface area contributed by atoms with Gasteiger partial charge in [0.2, 0.25) is 0 Å². The number of hydrogen-bond acceptors (Lipinski definition) is 3. The number of aryl methyl sites for hydroxylation is 1. The maximum atomic E-state index is 13.3. The lowest BCUT2D eigenvalue weighted by Crippen LogP contribution is -2.30. The van der Waals surface area contributed by atoms with Gasteiger partial charge < -0.3 is 5.11 Å². The van der Waals surface area contributed by atoms with Crippen LogP contribution in [0, 0.1) is 6.92 Å². The molecular formula is C28H25Cl2NO3. The van der Waals surface area contributed by atoms with Crippen molar-refractivity contribution in [1.29, 1.82) is 0 Å². The van der Waals surface area contributed by atoms with Gasteiger partial charge in [-0.25, -0.2) is 0 Å². The van der Waals surface area contributed by atoms with Crippen molar-refractivity contribution in [1.82, 2.24) is 0 Å². The Hall–Kier alpha value is -3.08. The molecule has 4 nitrogen and oxygen atoms in total. The van der Waals surface area contributed by atoms with Crippen LogP contribution in [0.4, 0.5) is 5.69 Å². The fraction of sp³-hybridized carbons (Fsp3) is 0.214. The van der Waals surface area contributed by atoms with Gasteiger partial charge in [-0.2, -0.15) is 0 Å². The summed E-state index contributed by atoms with van der Waals surface area (Å²) < 4.78 is 0. The van der Waals surface area contributed by atoms with Gasteiger partial charge in [0, 0.05) is 21.3 Å². The molecule has 1 unspecified atom stereocenters. The molecular weight excluding hydrogens is 469 g/mol. The van der Waals surface area contributed by atoms with E-state index in [9.17, 15) is 14.7 Å². The number of carbonyl (C=O) groups excluding carboxylic acids is 2. The number of aliphatic hydroxyl groups is 1. The third-order valence-electron chi connectivity index (χ3n) is 6.05. The molecule has 1 heterocycles. The highest BCUT2D eigenvalue weighted by Gasteiger charge is 2.47. The van der Waals surface area contributed by atoms with Crippen molar-refractivity contribution >= 4 is 46.3 Å². The van der Waals surface area contributed by atoms with Crippen LogP contribution in [0.15, 0.2) is 72.3 Å². The summed E-state index contributed by atoms with van der Waals surface area (Å²) in [6, 6.07) is 18.7. The monoisotopic (exact) mass is 493 g/mol. The van der Waals surface area contributed by atoms with Crippen LogP contribution < -0.4 is 4.90 Å². The van der Waals surface area contributed by atoms with Gasteiger partial charge in [-0.1, -0.05) is 80.4 Å². The van der Waals surface area contributed by atoms with E-state index < -0.39 is 17.7 Å². The van der Waals surface area contributed by atoms with E-state index in [1.807, 2.05) is 31.2 Å². The van der Waals surface area contributed by atoms with Crippen molar-refractivity contribution in [2.24, 2.45) is 0 Å². The van der Waals surface area contributed by atoms with E-state index in [1.165, 1.54) is 4.90 Å². The average molecular weight is 494 g/mol. The third-order valence-corrected chi connectivity index (χ3v) is 6.52. The van der Waals surface area contributed by atoms with Gasteiger partial charge in [0.15, 0.2) is 0 Å². The molecule has 1 saturated heterocycles. The lowest BCUT2D eigenvalue weighted by molar-refractivity contribution is -0.132. The quantitative estimate of drug-likeness (QED) is 0.238. The largest absolute Gasteiger partial charge is 0.507 e. The van der Waals surface area contributed by atoms with Crippen LogP contribution in [0.2, 0.25) is 10.0 Å². The first kappa shape index (κ1) is 24.1. The van der Waals surface area contributed by atoms with Crippen molar-refractivity contribution in [3.05, 3.63) is 105 Å². The van der Waals surface area contributed by atoms with Crippen molar-refractivity contribution < 1.29 is 14.7 Å². The molecule has 3 aromatic rings. The third kappa shape index (κ3) is 4.36. The molecule has 0 radical (unpaired) electrons. The van der Waals surface area contributed by atoms with Crippen LogP contribution in [0.1, 0.15) is 49.1 Å². The molecule has 0 bridgehead atoms. The summed E-state index contributed by atoms with van der Waals surface area (Å²) in [6.45, 7) is 8.18. The van der Waals surface area contributed by atoms with Gasteiger partial charge in [-0.3, -0.25) is 14.5 Å². The van der Waals surface area contributed by atoms with Crippen LogP contribution in [-0.4, -0.2) is 16.8 Å². The Labute approximate surface area is 209 Å². The Kier molecular flexibility index (Phi) is 6.32. The van der Waals surface area contributed by atoms with Crippen LogP contribution in [-0.2, 0) is 15.0 Å². The lowest BCUT2D eigenvalue weighted by Gasteiger charge is -2.28. The number of amides is 1. The summed E-state index contributed by atoms with van der Waals surface area (Å²) in [5.41, 5.74) is 3.46. The van der Waals surface area contributed by atoms with Crippen LogP contribution in [0.3, 0.4) is 0 Å². The number of Topliss-reactive ketones (excluding diaryl/α,β-unsaturated/α-hetero) is 1. The number of rotatable bonds is 3. The Bertz CT molecular complexity index is 1320. The minimum Gasteiger partial charge on any atom is -0.507 e. The number of nitrogens with zero attached hydrogens (tertiary/aromatic N) is 1. The molecule has 0 saturated carbocycles. The zero-order valence-corrected chi connectivity index (χ0v) is 20.9. The first-order valence-corrected chi connectivity index (χ1v) is 11.7. The van der Waals surface area contributed by atoms with E-state index >= 15 is 0 Å². The second-order valence-corrected chi connectivity index (χ2v) is 10.4. The van der Waals surface area contributed by atoms with Crippen molar-refractivity contribution in [3.63, 3.8) is 0 Å². The minimum absolute atomic E-state index is 0.0186. The van der Waals surface area contributed by atoms with Gasteiger partial charge in [0.05, 0.1) is 11.6 Å². The molecule has 0 spiro atoms. The molecule has 0 aliphatic carbocycles. The Morgan fingerprint density at radius 3 is 2.15 bits per heavy atom. The SMILES string of the molecule is Cc1cc(Cl)ccc1N1C(=O)C(=O)/C(=C(/O)c2cccc(Cl)c2)C1c1ccc(C(C)(C)C)cc1. The molecule has 1 atom stereocenters. The van der Waals surface area contributed by atoms with Crippen LogP contribution in [0.25, 0.3) is 5.76 Å². The highest BCUT2D eigenvalue weighted by molar-refractivity contribution is 6.52. The predicted molar refractivity (Wildman–Crippen MR) is 138 cm³/mol. The molecule has 1 fully saturated rings. The summed E-state index contributed by atoms with van der Waals surface area (Å²) in [5, 5.41) is 12.2. The number of halogens is 2. The smallest absolute Gasteiger partial charge is 0.300 e. The Balaban J connectivity index is 1.96. The fourth-order valence-electron chi connectivity index (χ4n) is 4.24. The number of aliphatic hydroxyl groups excluding tert-OH is 1. The first-order valence-electron chi connectivity index (χ1n) is 10.9. The molecule has 4 rings (SSSR count). The topological polar surface area (TPSA) is 57.6 Å². The molecule has 0 aromatic heterocycles. The lowest BCUT2D eigenvalue weighted by atomic mass is 9.85. The fourth-order valence-corrected chi connectivity index (χ4v) is 4.66. The zero-order chi connectivity index (χ0) is 24.8. The molecule has 174 valence electrons. The second kappa shape index (κ2) is 8.94. The Morgan fingerprint density at radius 2 is 1.56 bits per heavy atom. The molecule has 3 aromatic carbocycles. The molecule has 1 amide bonds. The predicted octanol–water partition coefficient (Wildman–Crippen LogP) is 7.23. The summed E-state index contributed by atoms with van der Waals surface area (Å²) in [7, 11) is 0. The standard InChI is InChI=1S/C28H25Cl2NO3/c1-16-14-21(30)12-13-22(16)31-24(17-8-10-19(11-9-17)28(2,3)4)23(26(33)27(31)34)25(32)18-6-5-7-20(29)15-18/h5-15,24,32H,1-4H3/b25-23+. The van der Waals surface area contributed by atoms with Gasteiger partial charge in [0.25, 0.3) is 11.7 Å². The maximum absolute atomic E-state index is 13.3. The molecule has 6 heteroatoms. The summed E-state index contributed by atoms with van der Waals surface area (Å²) >= 11 is 12.3. The van der Waals surface area contributed by atoms with Crippen molar-refractivity contribution in [2.75, 3.05) is 4.90 Å². The van der Waals surface area contributed by atoms with E-state index in [-0.39, 0.29) is 16.7 Å². The van der Waals surface area contributed by atoms with E-state index in [0.717, 1.165) is 11.1 Å². The van der Waals surface area contributed by atoms with E-state index in [4.69, 9.17) is 23.2 Å². The second-order valence-electron chi connectivity index (χ2n) is 9.48. The highest BCUT2D eigenvalue weighted by atomic mass is 35.5. The van der Waals surface area contributed by atoms with E-state index in [1.54, 1.807) is 42.5 Å². The Morgan fingerprint density at radius 1 is 0.912 bits per heavy atom. The summed E-state index contributed by atoms with van der Waals surface area (Å²) in [5.74, 6) is -1.73. The van der Waals surface area contributed by atoms with Crippen molar-refractivity contribution in [3.8, 4) is 0 Å². The molecule has 34 heavy (non-hydrogen) atoms. The highest BCUT2D eigenvalue weighted by Crippen LogP contribution is 2.44. The van der Waals surface area contributed by atoms with Gasteiger partial charge in [-0.05, 0) is 59.4 Å².